The van der Waals surface area contributed by atoms with Crippen molar-refractivity contribution in [1.29, 1.82) is 0 Å². The molecule has 2 aromatic carbocycles. The summed E-state index contributed by atoms with van der Waals surface area (Å²) in [6.07, 6.45) is -0.159. The van der Waals surface area contributed by atoms with E-state index in [-0.39, 0.29) is 30.8 Å². The number of rotatable bonds is 5. The molecule has 8 nitrogen and oxygen atoms in total. The zero-order chi connectivity index (χ0) is 21.3. The van der Waals surface area contributed by atoms with Crippen LogP contribution in [-0.2, 0) is 16.1 Å². The van der Waals surface area contributed by atoms with Crippen molar-refractivity contribution in [2.75, 3.05) is 5.32 Å². The second-order valence-corrected chi connectivity index (χ2v) is 7.52. The normalized spacial score (nSPS) is 16.0. The van der Waals surface area contributed by atoms with Crippen LogP contribution in [0.2, 0.25) is 0 Å². The van der Waals surface area contributed by atoms with Crippen LogP contribution in [0.3, 0.4) is 0 Å². The largest absolute Gasteiger partial charge is 0.349 e. The number of aromatic nitrogens is 2. The highest BCUT2D eigenvalue weighted by Gasteiger charge is 2.29. The van der Waals surface area contributed by atoms with Crippen LogP contribution in [0.1, 0.15) is 42.5 Å². The van der Waals surface area contributed by atoms with E-state index in [0.29, 0.717) is 11.3 Å². The van der Waals surface area contributed by atoms with Crippen molar-refractivity contribution in [2.24, 2.45) is 0 Å². The average Bonchev–Trinajstić information content (AvgIpc) is 3.05. The molecule has 0 fully saturated rings. The van der Waals surface area contributed by atoms with Crippen molar-refractivity contribution in [3.05, 3.63) is 59.9 Å². The van der Waals surface area contributed by atoms with Crippen molar-refractivity contribution in [3.8, 4) is 0 Å². The molecule has 8 heteroatoms. The number of fused-ring (bicyclic) bond motifs is 2. The smallest absolute Gasteiger partial charge is 0.254 e. The molecule has 2 heterocycles. The van der Waals surface area contributed by atoms with E-state index in [4.69, 9.17) is 0 Å². The van der Waals surface area contributed by atoms with Crippen LogP contribution in [0.15, 0.2) is 48.5 Å². The van der Waals surface area contributed by atoms with E-state index in [1.165, 1.54) is 0 Å². The third kappa shape index (κ3) is 3.76. The third-order valence-electron chi connectivity index (χ3n) is 5.07. The minimum atomic E-state index is -0.950. The van der Waals surface area contributed by atoms with Gasteiger partial charge in [0.2, 0.25) is 11.8 Å². The average molecular weight is 405 g/mol. The van der Waals surface area contributed by atoms with E-state index < -0.39 is 11.9 Å². The van der Waals surface area contributed by atoms with Gasteiger partial charge in [-0.15, -0.1) is 0 Å². The molecule has 0 unspecified atom stereocenters. The number of carbonyl (C=O) groups excluding carboxylic acids is 3. The molecule has 30 heavy (non-hydrogen) atoms. The third-order valence-corrected chi connectivity index (χ3v) is 5.07. The summed E-state index contributed by atoms with van der Waals surface area (Å²) in [7, 11) is 0. The van der Waals surface area contributed by atoms with Crippen molar-refractivity contribution in [3.63, 3.8) is 0 Å². The number of nitrogens with one attached hydrogen (secondary N) is 3. The summed E-state index contributed by atoms with van der Waals surface area (Å²) >= 11 is 0. The van der Waals surface area contributed by atoms with Crippen molar-refractivity contribution >= 4 is 34.4 Å². The van der Waals surface area contributed by atoms with Gasteiger partial charge in [0.15, 0.2) is 0 Å². The Kier molecular flexibility index (Phi) is 5.22. The van der Waals surface area contributed by atoms with Gasteiger partial charge < -0.3 is 20.5 Å². The first kappa shape index (κ1) is 19.6. The Morgan fingerprint density at radius 3 is 2.67 bits per heavy atom. The maximum Gasteiger partial charge on any atom is 0.254 e. The molecule has 1 aliphatic rings. The number of nitrogens with zero attached hydrogens (tertiary/aromatic N) is 2. The molecule has 0 saturated carbocycles. The number of amides is 3. The standard InChI is InChI=1S/C22H23N5O3/c1-13(2)27-18-10-6-5-9-16(18)24-19(27)12-23-20(28)11-17-22(30)25-15-8-4-3-7-14(15)21(29)26-17/h3-10,13,17H,11-12H2,1-2H3,(H,23,28)(H,25,30)(H,26,29)/t17-/m1/s1. The van der Waals surface area contributed by atoms with Crippen LogP contribution in [0.5, 0.6) is 0 Å². The maximum absolute atomic E-state index is 12.5. The van der Waals surface area contributed by atoms with Gasteiger partial charge in [0.25, 0.3) is 5.91 Å². The topological polar surface area (TPSA) is 105 Å². The molecule has 0 bridgehead atoms. The molecule has 1 atom stereocenters. The Morgan fingerprint density at radius 1 is 1.13 bits per heavy atom. The molecule has 1 aliphatic heterocycles. The number of hydrogen-bond acceptors (Lipinski definition) is 4. The summed E-state index contributed by atoms with van der Waals surface area (Å²) in [6.45, 7) is 4.35. The quantitative estimate of drug-likeness (QED) is 0.606. The Hall–Kier alpha value is -3.68. The van der Waals surface area contributed by atoms with Gasteiger partial charge in [-0.2, -0.15) is 0 Å². The molecule has 3 amide bonds. The fourth-order valence-corrected chi connectivity index (χ4v) is 3.69. The zero-order valence-electron chi connectivity index (χ0n) is 16.8. The van der Waals surface area contributed by atoms with Gasteiger partial charge in [-0.1, -0.05) is 24.3 Å². The number of imidazole rings is 1. The highest BCUT2D eigenvalue weighted by atomic mass is 16.2. The van der Waals surface area contributed by atoms with Gasteiger partial charge in [0.05, 0.1) is 35.2 Å². The predicted molar refractivity (Wildman–Crippen MR) is 113 cm³/mol. The predicted octanol–water partition coefficient (Wildman–Crippen LogP) is 2.37. The zero-order valence-corrected chi connectivity index (χ0v) is 16.8. The van der Waals surface area contributed by atoms with Crippen LogP contribution in [-0.4, -0.2) is 33.3 Å². The first-order valence-corrected chi connectivity index (χ1v) is 9.87. The van der Waals surface area contributed by atoms with E-state index in [2.05, 4.69) is 39.3 Å². The van der Waals surface area contributed by atoms with Gasteiger partial charge in [-0.25, -0.2) is 4.98 Å². The van der Waals surface area contributed by atoms with Crippen molar-refractivity contribution in [1.82, 2.24) is 20.2 Å². The summed E-state index contributed by atoms with van der Waals surface area (Å²) in [6, 6.07) is 13.8. The van der Waals surface area contributed by atoms with E-state index >= 15 is 0 Å². The minimum absolute atomic E-state index is 0.159. The fraction of sp³-hybridized carbons (Fsp3) is 0.273. The van der Waals surface area contributed by atoms with Gasteiger partial charge in [0.1, 0.15) is 11.9 Å². The molecular formula is C22H23N5O3. The molecule has 154 valence electrons. The summed E-state index contributed by atoms with van der Waals surface area (Å²) in [5.74, 6) is -0.411. The molecule has 0 aliphatic carbocycles. The Balaban J connectivity index is 1.45. The van der Waals surface area contributed by atoms with Crippen LogP contribution in [0.25, 0.3) is 11.0 Å². The van der Waals surface area contributed by atoms with Crippen LogP contribution in [0, 0.1) is 0 Å². The SMILES string of the molecule is CC(C)n1c(CNC(=O)C[C@H]2NC(=O)c3ccccc3NC2=O)nc2ccccc21. The summed E-state index contributed by atoms with van der Waals surface area (Å²) < 4.78 is 2.08. The first-order valence-electron chi connectivity index (χ1n) is 9.87. The molecule has 3 N–H and O–H groups in total. The summed E-state index contributed by atoms with van der Waals surface area (Å²) in [4.78, 5) is 42.0. The molecule has 3 aromatic rings. The monoisotopic (exact) mass is 405 g/mol. The lowest BCUT2D eigenvalue weighted by molar-refractivity contribution is -0.125. The number of carbonyl (C=O) groups is 3. The highest BCUT2D eigenvalue weighted by molar-refractivity contribution is 6.10. The van der Waals surface area contributed by atoms with Gasteiger partial charge in [-0.05, 0) is 38.1 Å². The second-order valence-electron chi connectivity index (χ2n) is 7.52. The lowest BCUT2D eigenvalue weighted by Gasteiger charge is -2.16. The van der Waals surface area contributed by atoms with E-state index in [1.807, 2.05) is 24.3 Å². The number of para-hydroxylation sites is 3. The van der Waals surface area contributed by atoms with Gasteiger partial charge in [0, 0.05) is 6.04 Å². The van der Waals surface area contributed by atoms with Crippen LogP contribution in [0.4, 0.5) is 5.69 Å². The summed E-state index contributed by atoms with van der Waals surface area (Å²) in [5, 5.41) is 8.16. The number of anilines is 1. The van der Waals surface area contributed by atoms with E-state index in [9.17, 15) is 14.4 Å². The molecule has 1 aromatic heterocycles. The molecule has 0 radical (unpaired) electrons. The van der Waals surface area contributed by atoms with Gasteiger partial charge in [-0.3, -0.25) is 14.4 Å². The second kappa shape index (κ2) is 7.98. The molecule has 0 saturated heterocycles. The van der Waals surface area contributed by atoms with Crippen molar-refractivity contribution < 1.29 is 14.4 Å². The highest BCUT2D eigenvalue weighted by Crippen LogP contribution is 2.21. The Bertz CT molecular complexity index is 1130. The lowest BCUT2D eigenvalue weighted by Crippen LogP contribution is -2.44. The molecular weight excluding hydrogens is 382 g/mol. The summed E-state index contributed by atoms with van der Waals surface area (Å²) in [5.41, 5.74) is 2.68. The van der Waals surface area contributed by atoms with Gasteiger partial charge >= 0.3 is 0 Å². The first-order chi connectivity index (χ1) is 14.4. The van der Waals surface area contributed by atoms with E-state index in [0.717, 1.165) is 16.9 Å². The minimum Gasteiger partial charge on any atom is -0.349 e. The Labute approximate surface area is 173 Å². The van der Waals surface area contributed by atoms with E-state index in [1.54, 1.807) is 24.3 Å². The van der Waals surface area contributed by atoms with Crippen LogP contribution < -0.4 is 16.0 Å². The van der Waals surface area contributed by atoms with Crippen molar-refractivity contribution in [2.45, 2.75) is 38.9 Å². The molecule has 4 rings (SSSR count). The molecule has 0 spiro atoms. The van der Waals surface area contributed by atoms with Crippen LogP contribution >= 0.6 is 0 Å². The Morgan fingerprint density at radius 2 is 1.87 bits per heavy atom. The number of hydrogen-bond donors (Lipinski definition) is 3. The lowest BCUT2D eigenvalue weighted by atomic mass is 10.1. The maximum atomic E-state index is 12.5. The fourth-order valence-electron chi connectivity index (χ4n) is 3.69. The number of benzene rings is 2.